The Bertz CT molecular complexity index is 562. The zero-order chi connectivity index (χ0) is 13.8. The van der Waals surface area contributed by atoms with E-state index in [1.807, 2.05) is 29.6 Å². The number of methoxy groups -OCH3 is 1. The summed E-state index contributed by atoms with van der Waals surface area (Å²) in [6.45, 7) is -0.0791. The zero-order valence-electron chi connectivity index (χ0n) is 10.5. The molecule has 0 aliphatic carbocycles. The normalized spacial score (nSPS) is 12.2. The van der Waals surface area contributed by atoms with Gasteiger partial charge >= 0.3 is 5.97 Å². The number of aliphatic hydroxyl groups excluding tert-OH is 1. The third-order valence-corrected chi connectivity index (χ3v) is 3.77. The molecule has 1 atom stereocenters. The number of rotatable bonds is 4. The number of hydrogen-bond donors (Lipinski definition) is 2. The molecule has 100 valence electrons. The molecular formula is C14H15NO3S. The monoisotopic (exact) mass is 277 g/mol. The predicted octanol–water partition coefficient (Wildman–Crippen LogP) is 2.19. The Morgan fingerprint density at radius 3 is 2.63 bits per heavy atom. The van der Waals surface area contributed by atoms with Crippen LogP contribution in [0.3, 0.4) is 0 Å². The van der Waals surface area contributed by atoms with E-state index in [0.29, 0.717) is 4.88 Å². The number of carbonyl (C=O) groups is 1. The Hall–Kier alpha value is -1.69. The van der Waals surface area contributed by atoms with Gasteiger partial charge in [0.25, 0.3) is 0 Å². The van der Waals surface area contributed by atoms with Crippen molar-refractivity contribution in [3.63, 3.8) is 0 Å². The van der Waals surface area contributed by atoms with Gasteiger partial charge < -0.3 is 15.6 Å². The molecule has 0 aliphatic heterocycles. The lowest BCUT2D eigenvalue weighted by molar-refractivity contribution is 0.0606. The van der Waals surface area contributed by atoms with Gasteiger partial charge in [0.1, 0.15) is 4.88 Å². The van der Waals surface area contributed by atoms with E-state index in [1.165, 1.54) is 18.4 Å². The van der Waals surface area contributed by atoms with Crippen LogP contribution in [0.25, 0.3) is 11.1 Å². The molecule has 1 aromatic heterocycles. The molecule has 0 aliphatic rings. The summed E-state index contributed by atoms with van der Waals surface area (Å²) in [7, 11) is 1.37. The van der Waals surface area contributed by atoms with Crippen LogP contribution >= 0.6 is 11.3 Å². The van der Waals surface area contributed by atoms with Crippen LogP contribution in [0, 0.1) is 0 Å². The maximum Gasteiger partial charge on any atom is 0.348 e. The van der Waals surface area contributed by atoms with Crippen LogP contribution in [0.1, 0.15) is 21.3 Å². The summed E-state index contributed by atoms with van der Waals surface area (Å²) in [5.74, 6) is -0.324. The summed E-state index contributed by atoms with van der Waals surface area (Å²) in [4.78, 5) is 12.0. The van der Waals surface area contributed by atoms with Crippen molar-refractivity contribution in [2.75, 3.05) is 13.7 Å². The summed E-state index contributed by atoms with van der Waals surface area (Å²) in [5, 5.41) is 10.9. The smallest absolute Gasteiger partial charge is 0.348 e. The highest BCUT2D eigenvalue weighted by Gasteiger charge is 2.10. The minimum atomic E-state index is -0.359. The van der Waals surface area contributed by atoms with Crippen molar-refractivity contribution in [1.82, 2.24) is 0 Å². The Morgan fingerprint density at radius 1 is 1.37 bits per heavy atom. The summed E-state index contributed by atoms with van der Waals surface area (Å²) in [6.07, 6.45) is 0. The number of thiophene rings is 1. The second-order valence-electron chi connectivity index (χ2n) is 4.10. The summed E-state index contributed by atoms with van der Waals surface area (Å²) in [6, 6.07) is 9.05. The molecule has 0 unspecified atom stereocenters. The van der Waals surface area contributed by atoms with E-state index < -0.39 is 0 Å². The first-order valence-corrected chi connectivity index (χ1v) is 6.67. The lowest BCUT2D eigenvalue weighted by Crippen LogP contribution is -2.14. The summed E-state index contributed by atoms with van der Waals surface area (Å²) in [5.41, 5.74) is 8.59. The molecular weight excluding hydrogens is 262 g/mol. The molecule has 2 rings (SSSR count). The molecule has 0 saturated carbocycles. The second-order valence-corrected chi connectivity index (χ2v) is 5.01. The van der Waals surface area contributed by atoms with Crippen molar-refractivity contribution < 1.29 is 14.6 Å². The molecule has 3 N–H and O–H groups in total. The third kappa shape index (κ3) is 3.01. The van der Waals surface area contributed by atoms with Crippen molar-refractivity contribution in [2.45, 2.75) is 6.04 Å². The van der Waals surface area contributed by atoms with E-state index >= 15 is 0 Å². The quantitative estimate of drug-likeness (QED) is 0.840. The molecule has 0 fully saturated rings. The van der Waals surface area contributed by atoms with Crippen molar-refractivity contribution in [3.8, 4) is 11.1 Å². The first-order valence-electron chi connectivity index (χ1n) is 5.79. The minimum Gasteiger partial charge on any atom is -0.465 e. The SMILES string of the molecule is COC(=O)c1cc(-c2ccc([C@H](N)CO)cc2)cs1. The number of nitrogens with two attached hydrogens (primary N) is 1. The fourth-order valence-electron chi connectivity index (χ4n) is 1.72. The lowest BCUT2D eigenvalue weighted by atomic mass is 10.0. The van der Waals surface area contributed by atoms with Gasteiger partial charge in [-0.1, -0.05) is 24.3 Å². The van der Waals surface area contributed by atoms with Crippen molar-refractivity contribution >= 4 is 17.3 Å². The molecule has 0 saturated heterocycles. The Balaban J connectivity index is 2.22. The largest absolute Gasteiger partial charge is 0.465 e. The van der Waals surface area contributed by atoms with Gasteiger partial charge in [0.2, 0.25) is 0 Å². The van der Waals surface area contributed by atoms with Crippen LogP contribution in [-0.2, 0) is 4.74 Å². The van der Waals surface area contributed by atoms with E-state index in [2.05, 4.69) is 4.74 Å². The molecule has 0 spiro atoms. The maximum absolute atomic E-state index is 11.4. The van der Waals surface area contributed by atoms with Gasteiger partial charge in [-0.3, -0.25) is 0 Å². The van der Waals surface area contributed by atoms with Crippen molar-refractivity contribution in [1.29, 1.82) is 0 Å². The molecule has 5 heteroatoms. The Morgan fingerprint density at radius 2 is 2.05 bits per heavy atom. The summed E-state index contributed by atoms with van der Waals surface area (Å²) >= 11 is 1.35. The molecule has 0 bridgehead atoms. The van der Waals surface area contributed by atoms with Crippen LogP contribution in [0.4, 0.5) is 0 Å². The number of esters is 1. The molecule has 0 radical (unpaired) electrons. The van der Waals surface area contributed by atoms with E-state index in [1.54, 1.807) is 6.07 Å². The number of benzene rings is 1. The van der Waals surface area contributed by atoms with Gasteiger partial charge in [-0.2, -0.15) is 0 Å². The average molecular weight is 277 g/mol. The van der Waals surface area contributed by atoms with E-state index in [0.717, 1.165) is 16.7 Å². The van der Waals surface area contributed by atoms with Gasteiger partial charge in [-0.05, 0) is 28.1 Å². The number of carbonyl (C=O) groups excluding carboxylic acids is 1. The fourth-order valence-corrected chi connectivity index (χ4v) is 2.56. The third-order valence-electron chi connectivity index (χ3n) is 2.85. The number of hydrogen-bond acceptors (Lipinski definition) is 5. The molecule has 1 aromatic carbocycles. The summed E-state index contributed by atoms with van der Waals surface area (Å²) < 4.78 is 4.68. The van der Waals surface area contributed by atoms with E-state index in [9.17, 15) is 4.79 Å². The van der Waals surface area contributed by atoms with Crippen molar-refractivity contribution in [3.05, 3.63) is 46.2 Å². The van der Waals surface area contributed by atoms with Crippen LogP contribution in [0.15, 0.2) is 35.7 Å². The first kappa shape index (κ1) is 13.7. The van der Waals surface area contributed by atoms with E-state index in [4.69, 9.17) is 10.8 Å². The maximum atomic E-state index is 11.4. The van der Waals surface area contributed by atoms with Crippen LogP contribution in [0.2, 0.25) is 0 Å². The Labute approximate surface area is 115 Å². The van der Waals surface area contributed by atoms with Crippen LogP contribution < -0.4 is 5.73 Å². The second kappa shape index (κ2) is 5.97. The van der Waals surface area contributed by atoms with Crippen molar-refractivity contribution in [2.24, 2.45) is 5.73 Å². The average Bonchev–Trinajstić information content (AvgIpc) is 2.95. The lowest BCUT2D eigenvalue weighted by Gasteiger charge is -2.08. The van der Waals surface area contributed by atoms with Gasteiger partial charge in [0.05, 0.1) is 19.8 Å². The Kier molecular flexibility index (Phi) is 4.31. The van der Waals surface area contributed by atoms with E-state index in [-0.39, 0.29) is 18.6 Å². The van der Waals surface area contributed by atoms with Gasteiger partial charge in [-0.25, -0.2) is 4.79 Å². The highest BCUT2D eigenvalue weighted by atomic mass is 32.1. The number of aliphatic hydroxyl groups is 1. The highest BCUT2D eigenvalue weighted by Crippen LogP contribution is 2.27. The fraction of sp³-hybridized carbons (Fsp3) is 0.214. The molecule has 2 aromatic rings. The zero-order valence-corrected chi connectivity index (χ0v) is 11.3. The van der Waals surface area contributed by atoms with Crippen LogP contribution in [0.5, 0.6) is 0 Å². The predicted molar refractivity (Wildman–Crippen MR) is 75.1 cm³/mol. The minimum absolute atomic E-state index is 0.0791. The first-order chi connectivity index (χ1) is 9.15. The molecule has 0 amide bonds. The van der Waals surface area contributed by atoms with Gasteiger partial charge in [0, 0.05) is 0 Å². The van der Waals surface area contributed by atoms with Crippen LogP contribution in [-0.4, -0.2) is 24.8 Å². The number of ether oxygens (including phenoxy) is 1. The molecule has 1 heterocycles. The highest BCUT2D eigenvalue weighted by molar-refractivity contribution is 7.12. The standard InChI is InChI=1S/C14H15NO3S/c1-18-14(17)13-6-11(8-19-13)9-2-4-10(5-3-9)12(15)7-16/h2-6,8,12,16H,7,15H2,1H3/t12-/m1/s1. The van der Waals surface area contributed by atoms with Gasteiger partial charge in [-0.15, -0.1) is 11.3 Å². The molecule has 19 heavy (non-hydrogen) atoms. The molecule has 4 nitrogen and oxygen atoms in total. The van der Waals surface area contributed by atoms with Gasteiger partial charge in [0.15, 0.2) is 0 Å². The topological polar surface area (TPSA) is 72.5 Å².